The Hall–Kier alpha value is -3.72. The van der Waals surface area contributed by atoms with Crippen LogP contribution in [0.1, 0.15) is 36.3 Å². The number of rotatable bonds is 6. The van der Waals surface area contributed by atoms with Gasteiger partial charge in [-0.05, 0) is 73.7 Å². The van der Waals surface area contributed by atoms with E-state index in [1.54, 1.807) is 6.07 Å². The second kappa shape index (κ2) is 10.8. The van der Waals surface area contributed by atoms with Crippen LogP contribution in [0.25, 0.3) is 22.4 Å². The van der Waals surface area contributed by atoms with Gasteiger partial charge in [0.2, 0.25) is 5.91 Å². The Kier molecular flexibility index (Phi) is 7.44. The van der Waals surface area contributed by atoms with Gasteiger partial charge in [0.1, 0.15) is 5.82 Å². The number of benzene rings is 2. The number of carbonyl (C=O) groups excluding carboxylic acids is 1. The molecule has 1 atom stereocenters. The molecular weight excluding hydrogens is 507 g/mol. The van der Waals surface area contributed by atoms with Crippen LogP contribution in [-0.2, 0) is 9.59 Å². The number of aryl methyl sites for hydroxylation is 1. The first-order valence-corrected chi connectivity index (χ1v) is 13.1. The number of halogens is 3. The van der Waals surface area contributed by atoms with E-state index in [1.165, 1.54) is 9.80 Å². The summed E-state index contributed by atoms with van der Waals surface area (Å²) in [6.45, 7) is 2.11. The zero-order chi connectivity index (χ0) is 27.7. The van der Waals surface area contributed by atoms with Crippen molar-refractivity contribution >= 4 is 17.7 Å². The van der Waals surface area contributed by atoms with Gasteiger partial charge in [-0.2, -0.15) is 13.2 Å². The highest BCUT2D eigenvalue weighted by Gasteiger charge is 2.36. The Balaban J connectivity index is 1.37. The number of hydrogen-bond donors (Lipinski definition) is 1. The largest absolute Gasteiger partial charge is 0.481 e. The predicted molar refractivity (Wildman–Crippen MR) is 142 cm³/mol. The van der Waals surface area contributed by atoms with E-state index >= 15 is 0 Å². The number of carboxylic acid groups (broad SMARTS) is 1. The first kappa shape index (κ1) is 26.9. The Morgan fingerprint density at radius 1 is 1.03 bits per heavy atom. The van der Waals surface area contributed by atoms with Gasteiger partial charge in [0.05, 0.1) is 18.2 Å². The number of hydrogen-bond acceptors (Lipinski definition) is 4. The molecule has 2 saturated heterocycles. The van der Waals surface area contributed by atoms with E-state index in [1.807, 2.05) is 49.4 Å². The van der Waals surface area contributed by atoms with Crippen molar-refractivity contribution in [3.8, 4) is 22.4 Å². The van der Waals surface area contributed by atoms with Gasteiger partial charge < -0.3 is 5.11 Å². The molecule has 1 unspecified atom stereocenters. The summed E-state index contributed by atoms with van der Waals surface area (Å²) in [7, 11) is 0. The number of carboxylic acids is 1. The Bertz CT molecular complexity index is 1370. The first-order chi connectivity index (χ1) is 18.6. The fourth-order valence-corrected chi connectivity index (χ4v) is 5.55. The van der Waals surface area contributed by atoms with E-state index in [-0.39, 0.29) is 24.8 Å². The van der Waals surface area contributed by atoms with Crippen molar-refractivity contribution in [2.24, 2.45) is 5.92 Å². The lowest BCUT2D eigenvalue weighted by molar-refractivity contribution is -0.148. The number of pyridine rings is 1. The smallest absolute Gasteiger partial charge is 0.401 e. The van der Waals surface area contributed by atoms with Crippen molar-refractivity contribution < 1.29 is 27.9 Å². The molecule has 3 aromatic rings. The Labute approximate surface area is 225 Å². The van der Waals surface area contributed by atoms with Crippen molar-refractivity contribution in [2.45, 2.75) is 38.3 Å². The Morgan fingerprint density at radius 3 is 2.38 bits per heavy atom. The van der Waals surface area contributed by atoms with Crippen molar-refractivity contribution in [3.05, 3.63) is 71.8 Å². The highest BCUT2D eigenvalue weighted by molar-refractivity contribution is 5.98. The molecule has 1 aromatic heterocycles. The van der Waals surface area contributed by atoms with Crippen LogP contribution in [0.4, 0.5) is 19.0 Å². The quantitative estimate of drug-likeness (QED) is 0.424. The maximum absolute atomic E-state index is 12.7. The molecule has 2 aliphatic heterocycles. The fourth-order valence-electron chi connectivity index (χ4n) is 5.55. The molecule has 3 heterocycles. The van der Waals surface area contributed by atoms with Gasteiger partial charge in [-0.15, -0.1) is 0 Å². The van der Waals surface area contributed by atoms with Crippen molar-refractivity contribution in [3.63, 3.8) is 0 Å². The average molecular weight is 538 g/mol. The van der Waals surface area contributed by atoms with Gasteiger partial charge >= 0.3 is 12.1 Å². The van der Waals surface area contributed by atoms with Gasteiger partial charge in [0.25, 0.3) is 0 Å². The molecule has 0 bridgehead atoms. The van der Waals surface area contributed by atoms with Gasteiger partial charge in [0, 0.05) is 18.5 Å². The standard InChI is InChI=1S/C30H30F3N3O3/c1-19-5-10-24(22-8-6-20(7-9-22)21-11-13-35(14-12-21)18-30(31,32)33)25(15-19)26-3-2-4-27(34-26)36-17-23(29(38)39)16-28(36)37/h2-10,15,21,23H,11-14,16-18H2,1H3,(H,38,39). The molecule has 9 heteroatoms. The fraction of sp³-hybridized carbons (Fsp3) is 0.367. The van der Waals surface area contributed by atoms with E-state index in [4.69, 9.17) is 4.98 Å². The second-order valence-corrected chi connectivity index (χ2v) is 10.5. The van der Waals surface area contributed by atoms with Crippen molar-refractivity contribution in [1.82, 2.24) is 9.88 Å². The van der Waals surface area contributed by atoms with Crippen LogP contribution < -0.4 is 4.90 Å². The molecule has 5 rings (SSSR count). The molecule has 2 aliphatic rings. The molecule has 39 heavy (non-hydrogen) atoms. The first-order valence-electron chi connectivity index (χ1n) is 13.1. The molecule has 1 amide bonds. The van der Waals surface area contributed by atoms with Crippen LogP contribution in [0.3, 0.4) is 0 Å². The SMILES string of the molecule is Cc1ccc(-c2ccc(C3CCN(CC(F)(F)F)CC3)cc2)c(-c2cccc(N3CC(C(=O)O)CC3=O)n2)c1. The summed E-state index contributed by atoms with van der Waals surface area (Å²) in [6.07, 6.45) is -2.82. The number of aromatic nitrogens is 1. The minimum absolute atomic E-state index is 0.0371. The topological polar surface area (TPSA) is 73.7 Å². The minimum atomic E-state index is -4.17. The lowest BCUT2D eigenvalue weighted by Crippen LogP contribution is -2.39. The number of likely N-dealkylation sites (tertiary alicyclic amines) is 1. The van der Waals surface area contributed by atoms with E-state index in [0.29, 0.717) is 37.4 Å². The van der Waals surface area contributed by atoms with Crippen LogP contribution in [-0.4, -0.2) is 59.2 Å². The number of nitrogens with zero attached hydrogens (tertiary/aromatic N) is 3. The zero-order valence-corrected chi connectivity index (χ0v) is 21.6. The zero-order valence-electron chi connectivity index (χ0n) is 21.6. The highest BCUT2D eigenvalue weighted by atomic mass is 19.4. The van der Waals surface area contributed by atoms with Gasteiger partial charge in [-0.25, -0.2) is 4.98 Å². The van der Waals surface area contributed by atoms with Gasteiger partial charge in [-0.1, -0.05) is 48.0 Å². The normalized spacial score (nSPS) is 19.0. The number of aliphatic carboxylic acids is 1. The molecule has 0 spiro atoms. The molecule has 0 aliphatic carbocycles. The molecule has 6 nitrogen and oxygen atoms in total. The molecule has 2 fully saturated rings. The number of anilines is 1. The minimum Gasteiger partial charge on any atom is -0.481 e. The number of amides is 1. The van der Waals surface area contributed by atoms with Crippen LogP contribution >= 0.6 is 0 Å². The molecular formula is C30H30F3N3O3. The lowest BCUT2D eigenvalue weighted by atomic mass is 9.87. The highest BCUT2D eigenvalue weighted by Crippen LogP contribution is 2.36. The van der Waals surface area contributed by atoms with Crippen LogP contribution in [0.5, 0.6) is 0 Å². The third-order valence-corrected chi connectivity index (χ3v) is 7.62. The summed E-state index contributed by atoms with van der Waals surface area (Å²) >= 11 is 0. The third kappa shape index (κ3) is 6.14. The number of carbonyl (C=O) groups is 2. The average Bonchev–Trinajstić information content (AvgIpc) is 3.30. The lowest BCUT2D eigenvalue weighted by Gasteiger charge is -2.32. The molecule has 204 valence electrons. The van der Waals surface area contributed by atoms with E-state index in [2.05, 4.69) is 12.1 Å². The maximum Gasteiger partial charge on any atom is 0.401 e. The predicted octanol–water partition coefficient (Wildman–Crippen LogP) is 5.90. The van der Waals surface area contributed by atoms with Gasteiger partial charge in [0.15, 0.2) is 0 Å². The summed E-state index contributed by atoms with van der Waals surface area (Å²) in [5, 5.41) is 9.33. The third-order valence-electron chi connectivity index (χ3n) is 7.62. The van der Waals surface area contributed by atoms with E-state index < -0.39 is 24.6 Å². The molecule has 0 saturated carbocycles. The van der Waals surface area contributed by atoms with Crippen LogP contribution in [0, 0.1) is 12.8 Å². The summed E-state index contributed by atoms with van der Waals surface area (Å²) in [5.41, 5.74) is 5.70. The van der Waals surface area contributed by atoms with Crippen LogP contribution in [0.15, 0.2) is 60.7 Å². The summed E-state index contributed by atoms with van der Waals surface area (Å²) in [5.74, 6) is -1.32. The summed E-state index contributed by atoms with van der Waals surface area (Å²) < 4.78 is 38.2. The molecule has 2 aromatic carbocycles. The van der Waals surface area contributed by atoms with Crippen molar-refractivity contribution in [1.29, 1.82) is 0 Å². The summed E-state index contributed by atoms with van der Waals surface area (Å²) in [6, 6.07) is 19.7. The molecule has 0 radical (unpaired) electrons. The van der Waals surface area contributed by atoms with Crippen molar-refractivity contribution in [2.75, 3.05) is 31.1 Å². The monoisotopic (exact) mass is 537 g/mol. The maximum atomic E-state index is 12.7. The van der Waals surface area contributed by atoms with Gasteiger partial charge in [-0.3, -0.25) is 19.4 Å². The summed E-state index contributed by atoms with van der Waals surface area (Å²) in [4.78, 5) is 31.5. The number of piperidine rings is 1. The Morgan fingerprint density at radius 2 is 1.74 bits per heavy atom. The number of alkyl halides is 3. The molecule has 1 N–H and O–H groups in total. The van der Waals surface area contributed by atoms with Crippen LogP contribution in [0.2, 0.25) is 0 Å². The second-order valence-electron chi connectivity index (χ2n) is 10.5. The van der Waals surface area contributed by atoms with E-state index in [9.17, 15) is 27.9 Å². The van der Waals surface area contributed by atoms with E-state index in [0.717, 1.165) is 27.8 Å².